The Bertz CT molecular complexity index is 369. The monoisotopic (exact) mass is 250 g/mol. The summed E-state index contributed by atoms with van der Waals surface area (Å²) in [5.74, 6) is 0. The predicted molar refractivity (Wildman–Crippen MR) is 70.7 cm³/mol. The van der Waals surface area contributed by atoms with Gasteiger partial charge in [0.05, 0.1) is 32.0 Å². The number of ether oxygens (including phenoxy) is 3. The molecule has 0 radical (unpaired) electrons. The van der Waals surface area contributed by atoms with Crippen LogP contribution >= 0.6 is 0 Å². The van der Waals surface area contributed by atoms with Gasteiger partial charge in [-0.1, -0.05) is 18.2 Å². The fourth-order valence-corrected chi connectivity index (χ4v) is 2.37. The van der Waals surface area contributed by atoms with E-state index >= 15 is 0 Å². The van der Waals surface area contributed by atoms with Crippen LogP contribution in [0.25, 0.3) is 0 Å². The van der Waals surface area contributed by atoms with Crippen molar-refractivity contribution in [2.75, 3.05) is 20.3 Å². The summed E-state index contributed by atoms with van der Waals surface area (Å²) in [6, 6.07) is 6.34. The molecular formula is C15H22O3. The molecule has 2 unspecified atom stereocenters. The second-order valence-corrected chi connectivity index (χ2v) is 4.95. The van der Waals surface area contributed by atoms with Gasteiger partial charge in [0, 0.05) is 13.5 Å². The van der Waals surface area contributed by atoms with Crippen molar-refractivity contribution in [1.29, 1.82) is 0 Å². The Balaban J connectivity index is 1.85. The van der Waals surface area contributed by atoms with Crippen LogP contribution in [0.2, 0.25) is 0 Å². The van der Waals surface area contributed by atoms with Gasteiger partial charge in [0.25, 0.3) is 0 Å². The van der Waals surface area contributed by atoms with Gasteiger partial charge in [-0.25, -0.2) is 0 Å². The third-order valence-electron chi connectivity index (χ3n) is 3.50. The summed E-state index contributed by atoms with van der Waals surface area (Å²) in [6.07, 6.45) is 1.32. The lowest BCUT2D eigenvalue weighted by atomic mass is 10.0. The van der Waals surface area contributed by atoms with E-state index in [1.54, 1.807) is 7.11 Å². The topological polar surface area (TPSA) is 27.7 Å². The lowest BCUT2D eigenvalue weighted by Gasteiger charge is -2.14. The molecule has 1 heterocycles. The highest BCUT2D eigenvalue weighted by molar-refractivity contribution is 5.32. The minimum Gasteiger partial charge on any atom is -0.382 e. The Hall–Kier alpha value is -0.900. The van der Waals surface area contributed by atoms with Crippen molar-refractivity contribution < 1.29 is 14.2 Å². The zero-order valence-electron chi connectivity index (χ0n) is 11.4. The SMILES string of the molecule is COCC1CC(OCc2c(C)cccc2C)CO1. The number of hydrogen-bond donors (Lipinski definition) is 0. The molecule has 3 heteroatoms. The zero-order valence-corrected chi connectivity index (χ0v) is 11.4. The van der Waals surface area contributed by atoms with Crippen LogP contribution in [0.4, 0.5) is 0 Å². The van der Waals surface area contributed by atoms with Crippen LogP contribution in [0.5, 0.6) is 0 Å². The molecule has 3 nitrogen and oxygen atoms in total. The minimum absolute atomic E-state index is 0.193. The van der Waals surface area contributed by atoms with Crippen molar-refractivity contribution in [3.05, 3.63) is 34.9 Å². The first kappa shape index (κ1) is 13.5. The number of methoxy groups -OCH3 is 1. The third kappa shape index (κ3) is 3.31. The molecule has 18 heavy (non-hydrogen) atoms. The number of rotatable bonds is 5. The van der Waals surface area contributed by atoms with Gasteiger partial charge in [-0.2, -0.15) is 0 Å². The van der Waals surface area contributed by atoms with Gasteiger partial charge >= 0.3 is 0 Å². The van der Waals surface area contributed by atoms with E-state index < -0.39 is 0 Å². The lowest BCUT2D eigenvalue weighted by molar-refractivity contribution is 0.0160. The van der Waals surface area contributed by atoms with Crippen LogP contribution in [0.1, 0.15) is 23.1 Å². The van der Waals surface area contributed by atoms with Crippen molar-refractivity contribution in [2.45, 2.75) is 39.1 Å². The predicted octanol–water partition coefficient (Wildman–Crippen LogP) is 2.62. The Labute approximate surface area is 109 Å². The second-order valence-electron chi connectivity index (χ2n) is 4.95. The molecule has 0 N–H and O–H groups in total. The maximum Gasteiger partial charge on any atom is 0.0838 e. The molecule has 1 aromatic carbocycles. The molecule has 0 aromatic heterocycles. The molecule has 1 fully saturated rings. The van der Waals surface area contributed by atoms with Crippen LogP contribution in [0.3, 0.4) is 0 Å². The van der Waals surface area contributed by atoms with Gasteiger partial charge in [0.15, 0.2) is 0 Å². The van der Waals surface area contributed by atoms with Crippen LogP contribution in [0.15, 0.2) is 18.2 Å². The molecule has 1 aliphatic heterocycles. The molecule has 0 bridgehead atoms. The third-order valence-corrected chi connectivity index (χ3v) is 3.50. The smallest absolute Gasteiger partial charge is 0.0838 e. The van der Waals surface area contributed by atoms with Crippen molar-refractivity contribution >= 4 is 0 Å². The van der Waals surface area contributed by atoms with Gasteiger partial charge in [-0.05, 0) is 30.5 Å². The molecule has 1 aromatic rings. The van der Waals surface area contributed by atoms with E-state index in [0.29, 0.717) is 19.8 Å². The van der Waals surface area contributed by atoms with Crippen molar-refractivity contribution in [3.8, 4) is 0 Å². The summed E-state index contributed by atoms with van der Waals surface area (Å²) in [6.45, 7) is 6.27. The highest BCUT2D eigenvalue weighted by Crippen LogP contribution is 2.20. The summed E-state index contributed by atoms with van der Waals surface area (Å²) in [5.41, 5.74) is 3.89. The van der Waals surface area contributed by atoms with Crippen LogP contribution in [-0.2, 0) is 20.8 Å². The average Bonchev–Trinajstić information content (AvgIpc) is 2.77. The van der Waals surface area contributed by atoms with E-state index in [-0.39, 0.29) is 12.2 Å². The molecule has 1 aliphatic rings. The molecule has 0 saturated carbocycles. The summed E-state index contributed by atoms with van der Waals surface area (Å²) >= 11 is 0. The summed E-state index contributed by atoms with van der Waals surface area (Å²) in [7, 11) is 1.70. The first-order valence-electron chi connectivity index (χ1n) is 6.48. The molecule has 0 spiro atoms. The quantitative estimate of drug-likeness (QED) is 0.804. The maximum absolute atomic E-state index is 5.95. The standard InChI is InChI=1S/C15H22O3/c1-11-5-4-6-12(2)15(11)10-18-14-7-13(8-16-3)17-9-14/h4-6,13-14H,7-10H2,1-3H3. The van der Waals surface area contributed by atoms with Crippen molar-refractivity contribution in [2.24, 2.45) is 0 Å². The van der Waals surface area contributed by atoms with Crippen molar-refractivity contribution in [1.82, 2.24) is 0 Å². The van der Waals surface area contributed by atoms with Gasteiger partial charge < -0.3 is 14.2 Å². The first-order valence-corrected chi connectivity index (χ1v) is 6.48. The Morgan fingerprint density at radius 3 is 2.67 bits per heavy atom. The molecule has 2 atom stereocenters. The molecular weight excluding hydrogens is 228 g/mol. The summed E-state index contributed by atoms with van der Waals surface area (Å²) < 4.78 is 16.6. The van der Waals surface area contributed by atoms with Crippen LogP contribution in [-0.4, -0.2) is 32.5 Å². The normalized spacial score (nSPS) is 23.5. The molecule has 0 aliphatic carbocycles. The van der Waals surface area contributed by atoms with Gasteiger partial charge in [0.2, 0.25) is 0 Å². The summed E-state index contributed by atoms with van der Waals surface area (Å²) in [4.78, 5) is 0. The highest BCUT2D eigenvalue weighted by Gasteiger charge is 2.26. The second kappa shape index (κ2) is 6.32. The first-order chi connectivity index (χ1) is 8.70. The fraction of sp³-hybridized carbons (Fsp3) is 0.600. The Morgan fingerprint density at radius 2 is 2.00 bits per heavy atom. The highest BCUT2D eigenvalue weighted by atomic mass is 16.6. The van der Waals surface area contributed by atoms with Crippen LogP contribution < -0.4 is 0 Å². The molecule has 0 amide bonds. The minimum atomic E-state index is 0.193. The lowest BCUT2D eigenvalue weighted by Crippen LogP contribution is -2.15. The van der Waals surface area contributed by atoms with E-state index in [4.69, 9.17) is 14.2 Å². The maximum atomic E-state index is 5.95. The zero-order chi connectivity index (χ0) is 13.0. The molecule has 100 valence electrons. The largest absolute Gasteiger partial charge is 0.382 e. The van der Waals surface area contributed by atoms with Crippen molar-refractivity contribution in [3.63, 3.8) is 0 Å². The number of benzene rings is 1. The molecule has 1 saturated heterocycles. The van der Waals surface area contributed by atoms with E-state index in [1.807, 2.05) is 0 Å². The van der Waals surface area contributed by atoms with E-state index in [0.717, 1.165) is 6.42 Å². The average molecular weight is 250 g/mol. The summed E-state index contributed by atoms with van der Waals surface area (Å²) in [5, 5.41) is 0. The Kier molecular flexibility index (Phi) is 4.75. The van der Waals surface area contributed by atoms with Crippen LogP contribution in [0, 0.1) is 13.8 Å². The Morgan fingerprint density at radius 1 is 1.28 bits per heavy atom. The van der Waals surface area contributed by atoms with E-state index in [9.17, 15) is 0 Å². The van der Waals surface area contributed by atoms with E-state index in [2.05, 4.69) is 32.0 Å². The number of hydrogen-bond acceptors (Lipinski definition) is 3. The molecule has 2 rings (SSSR count). The fourth-order valence-electron chi connectivity index (χ4n) is 2.37. The number of aryl methyl sites for hydroxylation is 2. The van der Waals surface area contributed by atoms with Gasteiger partial charge in [-0.15, -0.1) is 0 Å². The van der Waals surface area contributed by atoms with Gasteiger partial charge in [0.1, 0.15) is 0 Å². The van der Waals surface area contributed by atoms with Gasteiger partial charge in [-0.3, -0.25) is 0 Å². The van der Waals surface area contributed by atoms with E-state index in [1.165, 1.54) is 16.7 Å².